The second kappa shape index (κ2) is 7.84. The third-order valence-electron chi connectivity index (χ3n) is 2.56. The normalized spacial score (nSPS) is 10.9. The number of aliphatic carboxylic acids is 1. The van der Waals surface area contributed by atoms with Crippen LogP contribution in [0.5, 0.6) is 11.5 Å². The van der Waals surface area contributed by atoms with E-state index in [0.717, 1.165) is 0 Å². The average Bonchev–Trinajstić information content (AvgIpc) is 2.46. The summed E-state index contributed by atoms with van der Waals surface area (Å²) in [5.41, 5.74) is 0.230. The molecule has 0 heterocycles. The molecule has 0 radical (unpaired) electrons. The Labute approximate surface area is 122 Å². The van der Waals surface area contributed by atoms with Gasteiger partial charge in [0.1, 0.15) is 0 Å². The highest BCUT2D eigenvalue weighted by Crippen LogP contribution is 2.30. The van der Waals surface area contributed by atoms with Crippen LogP contribution in [0.1, 0.15) is 30.6 Å². The molecule has 0 bridgehead atoms. The fourth-order valence-corrected chi connectivity index (χ4v) is 1.48. The Morgan fingerprint density at radius 1 is 1.33 bits per heavy atom. The molecular formula is C15H16O6. The van der Waals surface area contributed by atoms with Crippen LogP contribution in [0.4, 0.5) is 0 Å². The molecule has 0 spiro atoms. The molecule has 0 aromatic heterocycles. The van der Waals surface area contributed by atoms with Gasteiger partial charge in [-0.05, 0) is 26.0 Å². The van der Waals surface area contributed by atoms with Crippen LogP contribution in [-0.4, -0.2) is 29.9 Å². The number of rotatable bonds is 7. The zero-order valence-electron chi connectivity index (χ0n) is 11.8. The van der Waals surface area contributed by atoms with Crippen molar-refractivity contribution in [3.05, 3.63) is 35.4 Å². The van der Waals surface area contributed by atoms with Crippen LogP contribution in [0.15, 0.2) is 29.8 Å². The Balaban J connectivity index is 2.91. The zero-order valence-corrected chi connectivity index (χ0v) is 11.8. The van der Waals surface area contributed by atoms with E-state index >= 15 is 0 Å². The molecule has 0 unspecified atom stereocenters. The number of carbonyl (C=O) groups is 3. The molecule has 0 aliphatic heterocycles. The third-order valence-corrected chi connectivity index (χ3v) is 2.56. The maximum absolute atomic E-state index is 11.7. The van der Waals surface area contributed by atoms with Crippen molar-refractivity contribution in [3.8, 4) is 11.5 Å². The van der Waals surface area contributed by atoms with E-state index in [1.807, 2.05) is 0 Å². The predicted molar refractivity (Wildman–Crippen MR) is 74.6 cm³/mol. The first kappa shape index (κ1) is 16.4. The van der Waals surface area contributed by atoms with Crippen molar-refractivity contribution in [3.63, 3.8) is 0 Å². The summed E-state index contributed by atoms with van der Waals surface area (Å²) in [6.45, 7) is 3.49. The van der Waals surface area contributed by atoms with Crippen molar-refractivity contribution in [2.75, 3.05) is 6.61 Å². The topological polar surface area (TPSA) is 89.9 Å². The van der Waals surface area contributed by atoms with Crippen LogP contribution in [0, 0.1) is 0 Å². The number of carbonyl (C=O) groups excluding carboxylic acids is 2. The fourth-order valence-electron chi connectivity index (χ4n) is 1.48. The maximum Gasteiger partial charge on any atom is 0.330 e. The number of hydrogen-bond acceptors (Lipinski definition) is 5. The summed E-state index contributed by atoms with van der Waals surface area (Å²) < 4.78 is 10.4. The highest BCUT2D eigenvalue weighted by molar-refractivity contribution is 5.88. The van der Waals surface area contributed by atoms with E-state index in [1.165, 1.54) is 19.1 Å². The van der Waals surface area contributed by atoms with E-state index < -0.39 is 11.9 Å². The van der Waals surface area contributed by atoms with Crippen molar-refractivity contribution < 1.29 is 29.0 Å². The van der Waals surface area contributed by atoms with Crippen molar-refractivity contribution in [2.24, 2.45) is 0 Å². The Hall–Kier alpha value is -2.63. The largest absolute Gasteiger partial charge is 0.490 e. The summed E-state index contributed by atoms with van der Waals surface area (Å²) in [6, 6.07) is 4.69. The second-order valence-electron chi connectivity index (χ2n) is 4.10. The van der Waals surface area contributed by atoms with Crippen molar-refractivity contribution in [2.45, 2.75) is 20.3 Å². The van der Waals surface area contributed by atoms with Crippen LogP contribution in [0.2, 0.25) is 0 Å². The fraction of sp³-hybridized carbons (Fsp3) is 0.267. The van der Waals surface area contributed by atoms with Gasteiger partial charge in [0.2, 0.25) is 0 Å². The number of carboxylic acid groups (broad SMARTS) is 1. The predicted octanol–water partition coefficient (Wildman–Crippen LogP) is 2.22. The van der Waals surface area contributed by atoms with Gasteiger partial charge in [-0.3, -0.25) is 9.59 Å². The summed E-state index contributed by atoms with van der Waals surface area (Å²) in [5, 5.41) is 8.69. The quantitative estimate of drug-likeness (QED) is 0.359. The van der Waals surface area contributed by atoms with E-state index in [9.17, 15) is 14.4 Å². The molecule has 6 nitrogen and oxygen atoms in total. The molecule has 0 aliphatic carbocycles. The first-order chi connectivity index (χ1) is 9.99. The van der Waals surface area contributed by atoms with Gasteiger partial charge in [0.25, 0.3) is 0 Å². The molecule has 112 valence electrons. The minimum atomic E-state index is -1.11. The van der Waals surface area contributed by atoms with Crippen LogP contribution in [0.3, 0.4) is 0 Å². The minimum absolute atomic E-state index is 0.0423. The number of ether oxygens (including phenoxy) is 2. The van der Waals surface area contributed by atoms with Crippen LogP contribution in [-0.2, 0) is 9.59 Å². The highest BCUT2D eigenvalue weighted by Gasteiger charge is 2.14. The molecule has 0 saturated carbocycles. The van der Waals surface area contributed by atoms with Gasteiger partial charge in [-0.1, -0.05) is 12.1 Å². The monoisotopic (exact) mass is 292 g/mol. The molecule has 21 heavy (non-hydrogen) atoms. The maximum atomic E-state index is 11.7. The lowest BCUT2D eigenvalue weighted by Gasteiger charge is -2.11. The number of benzene rings is 1. The van der Waals surface area contributed by atoms with Crippen LogP contribution < -0.4 is 9.47 Å². The molecule has 0 fully saturated rings. The number of hydrogen-bond donors (Lipinski definition) is 1. The van der Waals surface area contributed by atoms with E-state index in [4.69, 9.17) is 14.6 Å². The Bertz CT molecular complexity index is 574. The molecule has 1 N–H and O–H groups in total. The van der Waals surface area contributed by atoms with Gasteiger partial charge < -0.3 is 14.6 Å². The first-order valence-electron chi connectivity index (χ1n) is 6.31. The van der Waals surface area contributed by atoms with Crippen LogP contribution >= 0.6 is 0 Å². The van der Waals surface area contributed by atoms with Crippen molar-refractivity contribution >= 4 is 18.2 Å². The molecule has 6 heteroatoms. The Kier molecular flexibility index (Phi) is 6.13. The lowest BCUT2D eigenvalue weighted by atomic mass is 10.2. The van der Waals surface area contributed by atoms with Gasteiger partial charge in [0.05, 0.1) is 18.6 Å². The summed E-state index contributed by atoms with van der Waals surface area (Å²) in [4.78, 5) is 33.3. The summed E-state index contributed by atoms with van der Waals surface area (Å²) in [7, 11) is 0. The van der Waals surface area contributed by atoms with E-state index in [0.29, 0.717) is 12.9 Å². The van der Waals surface area contributed by atoms with E-state index in [-0.39, 0.29) is 29.1 Å². The molecule has 0 saturated heterocycles. The number of aldehydes is 1. The van der Waals surface area contributed by atoms with Gasteiger partial charge in [-0.2, -0.15) is 0 Å². The highest BCUT2D eigenvalue weighted by atomic mass is 16.6. The van der Waals surface area contributed by atoms with Gasteiger partial charge in [-0.25, -0.2) is 4.79 Å². The lowest BCUT2D eigenvalue weighted by Crippen LogP contribution is -2.10. The smallest absolute Gasteiger partial charge is 0.330 e. The molecule has 0 aliphatic rings. The van der Waals surface area contributed by atoms with Gasteiger partial charge in [-0.15, -0.1) is 0 Å². The van der Waals surface area contributed by atoms with Crippen LogP contribution in [0.25, 0.3) is 0 Å². The average molecular weight is 292 g/mol. The van der Waals surface area contributed by atoms with Gasteiger partial charge in [0, 0.05) is 5.57 Å². The zero-order chi connectivity index (χ0) is 15.8. The van der Waals surface area contributed by atoms with Gasteiger partial charge in [0.15, 0.2) is 17.8 Å². The number of carboxylic acids is 1. The van der Waals surface area contributed by atoms with E-state index in [1.54, 1.807) is 19.1 Å². The minimum Gasteiger partial charge on any atom is -0.490 e. The van der Waals surface area contributed by atoms with Crippen molar-refractivity contribution in [1.82, 2.24) is 0 Å². The van der Waals surface area contributed by atoms with Gasteiger partial charge >= 0.3 is 11.9 Å². The first-order valence-corrected chi connectivity index (χ1v) is 6.31. The lowest BCUT2D eigenvalue weighted by molar-refractivity contribution is -0.133. The SMILES string of the molecule is CCOc1cccc(C=O)c1OC(=O)CC=C(C)C(=O)O. The third kappa shape index (κ3) is 4.76. The molecular weight excluding hydrogens is 276 g/mol. The summed E-state index contributed by atoms with van der Waals surface area (Å²) in [6.07, 6.45) is 1.59. The molecule has 1 rings (SSSR count). The summed E-state index contributed by atoms with van der Waals surface area (Å²) >= 11 is 0. The number of esters is 1. The standard InChI is InChI=1S/C15H16O6/c1-3-20-12-6-4-5-11(9-16)14(12)21-13(17)8-7-10(2)15(18)19/h4-7,9H,3,8H2,1-2H3,(H,18,19). The van der Waals surface area contributed by atoms with E-state index in [2.05, 4.69) is 0 Å². The molecule has 0 amide bonds. The number of para-hydroxylation sites is 1. The second-order valence-corrected chi connectivity index (χ2v) is 4.10. The summed E-state index contributed by atoms with van der Waals surface area (Å²) in [5.74, 6) is -1.45. The molecule has 0 atom stereocenters. The Morgan fingerprint density at radius 3 is 2.62 bits per heavy atom. The Morgan fingerprint density at radius 2 is 2.05 bits per heavy atom. The van der Waals surface area contributed by atoms with Crippen molar-refractivity contribution in [1.29, 1.82) is 0 Å². The molecule has 1 aromatic rings. The molecule has 1 aromatic carbocycles.